The van der Waals surface area contributed by atoms with Crippen LogP contribution in [0.25, 0.3) is 0 Å². The van der Waals surface area contributed by atoms with Crippen molar-refractivity contribution in [3.63, 3.8) is 0 Å². The van der Waals surface area contributed by atoms with Gasteiger partial charge in [0, 0.05) is 31.9 Å². The van der Waals surface area contributed by atoms with Crippen LogP contribution in [0, 0.1) is 6.92 Å². The number of benzene rings is 3. The van der Waals surface area contributed by atoms with Gasteiger partial charge in [0.25, 0.3) is 5.56 Å². The van der Waals surface area contributed by atoms with Crippen LogP contribution in [0.5, 0.6) is 0 Å². The summed E-state index contributed by atoms with van der Waals surface area (Å²) in [4.78, 5) is 35.7. The number of rotatable bonds is 6. The van der Waals surface area contributed by atoms with E-state index in [2.05, 4.69) is 24.3 Å². The molecule has 0 radical (unpaired) electrons. The van der Waals surface area contributed by atoms with Gasteiger partial charge in [-0.1, -0.05) is 72.8 Å². The number of carbonyl (C=O) groups is 1. The third-order valence-corrected chi connectivity index (χ3v) is 7.09. The first-order valence-electron chi connectivity index (χ1n) is 12.7. The number of aromatic nitrogens is 2. The van der Waals surface area contributed by atoms with E-state index in [4.69, 9.17) is 4.98 Å². The average molecular weight is 493 g/mol. The Hall–Kier alpha value is -4.19. The van der Waals surface area contributed by atoms with Gasteiger partial charge in [-0.15, -0.1) is 0 Å². The molecule has 3 aromatic carbocycles. The van der Waals surface area contributed by atoms with Gasteiger partial charge in [0.1, 0.15) is 5.82 Å². The highest BCUT2D eigenvalue weighted by molar-refractivity contribution is 5.79. The number of anilines is 1. The summed E-state index contributed by atoms with van der Waals surface area (Å²) in [7, 11) is 3.99. The summed E-state index contributed by atoms with van der Waals surface area (Å²) in [5, 5.41) is 0. The molecule has 1 aliphatic heterocycles. The first-order valence-corrected chi connectivity index (χ1v) is 12.7. The van der Waals surface area contributed by atoms with Gasteiger partial charge < -0.3 is 9.80 Å². The summed E-state index contributed by atoms with van der Waals surface area (Å²) in [6.45, 7) is 2.76. The zero-order chi connectivity index (χ0) is 25.9. The second-order valence-electron chi connectivity index (χ2n) is 9.79. The van der Waals surface area contributed by atoms with E-state index in [1.807, 2.05) is 96.0 Å². The molecule has 0 atom stereocenters. The predicted molar refractivity (Wildman–Crippen MR) is 147 cm³/mol. The van der Waals surface area contributed by atoms with E-state index in [0.717, 1.165) is 22.4 Å². The minimum atomic E-state index is -0.266. The van der Waals surface area contributed by atoms with E-state index in [0.29, 0.717) is 43.0 Å². The van der Waals surface area contributed by atoms with Crippen LogP contribution in [0.15, 0.2) is 89.7 Å². The number of amides is 1. The number of hydrogen-bond acceptors (Lipinski definition) is 4. The SMILES string of the molecule is Cc1nc2c(c(=O)n1C(c1ccccc1)c1ccccc1)CCN(C(=O)Cc1ccc(N(C)C)cc1)C2. The molecule has 37 heavy (non-hydrogen) atoms. The molecule has 6 nitrogen and oxygen atoms in total. The molecule has 5 rings (SSSR count). The van der Waals surface area contributed by atoms with Crippen molar-refractivity contribution >= 4 is 11.6 Å². The van der Waals surface area contributed by atoms with E-state index < -0.39 is 0 Å². The first kappa shape index (κ1) is 24.5. The van der Waals surface area contributed by atoms with Gasteiger partial charge in [-0.3, -0.25) is 14.2 Å². The van der Waals surface area contributed by atoms with Gasteiger partial charge in [-0.25, -0.2) is 4.98 Å². The lowest BCUT2D eigenvalue weighted by molar-refractivity contribution is -0.131. The van der Waals surface area contributed by atoms with Crippen molar-refractivity contribution in [1.29, 1.82) is 0 Å². The molecule has 0 fully saturated rings. The maximum atomic E-state index is 13.9. The van der Waals surface area contributed by atoms with Gasteiger partial charge in [-0.05, 0) is 42.2 Å². The Bertz CT molecular complexity index is 1410. The smallest absolute Gasteiger partial charge is 0.257 e. The third kappa shape index (κ3) is 5.05. The summed E-state index contributed by atoms with van der Waals surface area (Å²) in [6, 6.07) is 27.9. The second-order valence-corrected chi connectivity index (χ2v) is 9.79. The minimum Gasteiger partial charge on any atom is -0.378 e. The predicted octanol–water partition coefficient (Wildman–Crippen LogP) is 4.38. The van der Waals surface area contributed by atoms with Crippen molar-refractivity contribution in [2.75, 3.05) is 25.5 Å². The summed E-state index contributed by atoms with van der Waals surface area (Å²) in [5.41, 5.74) is 5.55. The standard InChI is InChI=1S/C31H32N4O2/c1-22-32-28-21-34(29(36)20-23-14-16-26(17-15-23)33(2)3)19-18-27(28)31(37)35(22)30(24-10-6-4-7-11-24)25-12-8-5-9-13-25/h4-17,30H,18-21H2,1-3H3. The first-order chi connectivity index (χ1) is 17.9. The molecule has 0 saturated heterocycles. The Labute approximate surface area is 217 Å². The normalized spacial score (nSPS) is 12.9. The molecule has 0 aliphatic carbocycles. The molecule has 0 N–H and O–H groups in total. The monoisotopic (exact) mass is 492 g/mol. The lowest BCUT2D eigenvalue weighted by atomic mass is 9.97. The highest BCUT2D eigenvalue weighted by Gasteiger charge is 2.28. The highest BCUT2D eigenvalue weighted by Crippen LogP contribution is 2.27. The molecule has 1 aromatic heterocycles. The fourth-order valence-electron chi connectivity index (χ4n) is 5.10. The van der Waals surface area contributed by atoms with Crippen LogP contribution in [-0.4, -0.2) is 41.0 Å². The van der Waals surface area contributed by atoms with Crippen molar-refractivity contribution in [2.24, 2.45) is 0 Å². The summed E-state index contributed by atoms with van der Waals surface area (Å²) in [6.07, 6.45) is 0.840. The third-order valence-electron chi connectivity index (χ3n) is 7.09. The van der Waals surface area contributed by atoms with Crippen molar-refractivity contribution < 1.29 is 4.79 Å². The zero-order valence-electron chi connectivity index (χ0n) is 21.6. The van der Waals surface area contributed by atoms with Gasteiger partial charge >= 0.3 is 0 Å². The zero-order valence-corrected chi connectivity index (χ0v) is 21.6. The number of fused-ring (bicyclic) bond motifs is 1. The molecule has 0 spiro atoms. The Morgan fingerprint density at radius 3 is 2.08 bits per heavy atom. The van der Waals surface area contributed by atoms with E-state index in [9.17, 15) is 9.59 Å². The Morgan fingerprint density at radius 2 is 1.51 bits per heavy atom. The number of nitrogens with zero attached hydrogens (tertiary/aromatic N) is 4. The van der Waals surface area contributed by atoms with Gasteiger partial charge in [0.05, 0.1) is 24.7 Å². The van der Waals surface area contributed by atoms with Crippen LogP contribution >= 0.6 is 0 Å². The van der Waals surface area contributed by atoms with Gasteiger partial charge in [0.15, 0.2) is 0 Å². The molecule has 4 aromatic rings. The largest absolute Gasteiger partial charge is 0.378 e. The molecular weight excluding hydrogens is 460 g/mol. The molecule has 1 aliphatic rings. The van der Waals surface area contributed by atoms with Crippen LogP contribution in [0.2, 0.25) is 0 Å². The van der Waals surface area contributed by atoms with E-state index in [1.165, 1.54) is 0 Å². The molecule has 0 saturated carbocycles. The van der Waals surface area contributed by atoms with E-state index in [-0.39, 0.29) is 17.5 Å². The minimum absolute atomic E-state index is 0.0217. The van der Waals surface area contributed by atoms with Crippen LogP contribution < -0.4 is 10.5 Å². The van der Waals surface area contributed by atoms with Crippen LogP contribution in [-0.2, 0) is 24.2 Å². The average Bonchev–Trinajstić information content (AvgIpc) is 2.92. The van der Waals surface area contributed by atoms with Gasteiger partial charge in [-0.2, -0.15) is 0 Å². The Balaban J connectivity index is 1.43. The highest BCUT2D eigenvalue weighted by atomic mass is 16.2. The summed E-state index contributed by atoms with van der Waals surface area (Å²) >= 11 is 0. The fraction of sp³-hybridized carbons (Fsp3) is 0.258. The van der Waals surface area contributed by atoms with Crippen LogP contribution in [0.1, 0.15) is 39.8 Å². The molecule has 0 unspecified atom stereocenters. The molecule has 0 bridgehead atoms. The summed E-state index contributed by atoms with van der Waals surface area (Å²) < 4.78 is 1.81. The summed E-state index contributed by atoms with van der Waals surface area (Å²) in [5.74, 6) is 0.702. The van der Waals surface area contributed by atoms with Crippen molar-refractivity contribution in [3.05, 3.63) is 129 Å². The molecule has 2 heterocycles. The van der Waals surface area contributed by atoms with Crippen molar-refractivity contribution in [1.82, 2.24) is 14.5 Å². The van der Waals surface area contributed by atoms with Crippen molar-refractivity contribution in [2.45, 2.75) is 32.4 Å². The second kappa shape index (κ2) is 10.4. The van der Waals surface area contributed by atoms with Crippen molar-refractivity contribution in [3.8, 4) is 0 Å². The molecule has 188 valence electrons. The lowest BCUT2D eigenvalue weighted by Gasteiger charge is -2.30. The van der Waals surface area contributed by atoms with E-state index in [1.54, 1.807) is 0 Å². The molecule has 6 heteroatoms. The lowest BCUT2D eigenvalue weighted by Crippen LogP contribution is -2.42. The number of carbonyl (C=O) groups excluding carboxylic acids is 1. The quantitative estimate of drug-likeness (QED) is 0.401. The maximum Gasteiger partial charge on any atom is 0.257 e. The topological polar surface area (TPSA) is 58.4 Å². The molecular formula is C31H32N4O2. The van der Waals surface area contributed by atoms with Crippen LogP contribution in [0.4, 0.5) is 5.69 Å². The number of aryl methyl sites for hydroxylation is 1. The Kier molecular flexibility index (Phi) is 6.91. The van der Waals surface area contributed by atoms with Gasteiger partial charge in [0.2, 0.25) is 5.91 Å². The Morgan fingerprint density at radius 1 is 0.919 bits per heavy atom. The maximum absolute atomic E-state index is 13.9. The molecule has 1 amide bonds. The fourth-order valence-corrected chi connectivity index (χ4v) is 5.10. The van der Waals surface area contributed by atoms with E-state index >= 15 is 0 Å². The number of hydrogen-bond donors (Lipinski definition) is 0. The van der Waals surface area contributed by atoms with Crippen LogP contribution in [0.3, 0.4) is 0 Å².